The lowest BCUT2D eigenvalue weighted by atomic mass is 10.1. The number of amides is 1. The number of nitrogens with zero attached hydrogens (tertiary/aromatic N) is 3. The first-order valence-corrected chi connectivity index (χ1v) is 11.3. The number of fused-ring (bicyclic) bond motifs is 1. The first kappa shape index (κ1) is 20.4. The van der Waals surface area contributed by atoms with E-state index in [2.05, 4.69) is 15.0 Å². The van der Waals surface area contributed by atoms with Gasteiger partial charge in [0, 0.05) is 12.1 Å². The molecule has 4 aromatic rings. The number of carbonyl (C=O) groups excluding carboxylic acids is 1. The average Bonchev–Trinajstić information content (AvgIpc) is 3.41. The van der Waals surface area contributed by atoms with Crippen LogP contribution in [0.2, 0.25) is 0 Å². The molecule has 0 bridgehead atoms. The topological polar surface area (TPSA) is 88.2 Å². The summed E-state index contributed by atoms with van der Waals surface area (Å²) >= 11 is 1.36. The van der Waals surface area contributed by atoms with Crippen LogP contribution in [0.25, 0.3) is 21.7 Å². The minimum Gasteiger partial charge on any atom is -0.410 e. The van der Waals surface area contributed by atoms with E-state index in [1.807, 2.05) is 56.3 Å². The molecule has 162 valence electrons. The Kier molecular flexibility index (Phi) is 5.22. The van der Waals surface area contributed by atoms with Gasteiger partial charge in [-0.15, -0.1) is 0 Å². The molecule has 1 amide bonds. The van der Waals surface area contributed by atoms with Crippen LogP contribution < -0.4 is 10.3 Å². The Hall–Kier alpha value is -3.52. The number of thiazole rings is 1. The number of aryl methyl sites for hydroxylation is 2. The van der Waals surface area contributed by atoms with Gasteiger partial charge < -0.3 is 9.72 Å². The number of aromatic amines is 1. The molecule has 1 aliphatic heterocycles. The molecule has 5 rings (SSSR count). The largest absolute Gasteiger partial charge is 0.415 e. The summed E-state index contributed by atoms with van der Waals surface area (Å²) in [6, 6.07) is 15.0. The third-order valence-electron chi connectivity index (χ3n) is 5.54. The zero-order chi connectivity index (χ0) is 22.2. The summed E-state index contributed by atoms with van der Waals surface area (Å²) in [4.78, 5) is 39.9. The summed E-state index contributed by atoms with van der Waals surface area (Å²) in [5, 5.41) is 0.707. The number of carbonyl (C=O) groups is 1. The Labute approximate surface area is 188 Å². The predicted molar refractivity (Wildman–Crippen MR) is 124 cm³/mol. The molecule has 1 fully saturated rings. The van der Waals surface area contributed by atoms with Crippen molar-refractivity contribution in [3.05, 3.63) is 75.0 Å². The van der Waals surface area contributed by atoms with Crippen LogP contribution in [0, 0.1) is 13.8 Å². The molecule has 32 heavy (non-hydrogen) atoms. The van der Waals surface area contributed by atoms with Gasteiger partial charge in [0.2, 0.25) is 0 Å². The lowest BCUT2D eigenvalue weighted by Gasteiger charge is -2.22. The molecule has 0 aliphatic carbocycles. The smallest absolute Gasteiger partial charge is 0.410 e. The van der Waals surface area contributed by atoms with E-state index in [0.717, 1.165) is 29.5 Å². The minimum absolute atomic E-state index is 0.228. The number of hydrogen-bond donors (Lipinski definition) is 1. The van der Waals surface area contributed by atoms with Crippen molar-refractivity contribution in [2.45, 2.75) is 32.7 Å². The van der Waals surface area contributed by atoms with Gasteiger partial charge in [0.25, 0.3) is 5.56 Å². The third kappa shape index (κ3) is 3.89. The van der Waals surface area contributed by atoms with Crippen molar-refractivity contribution in [3.8, 4) is 17.1 Å². The van der Waals surface area contributed by atoms with Gasteiger partial charge in [-0.25, -0.2) is 14.8 Å². The number of hydrogen-bond acceptors (Lipinski definition) is 6. The van der Waals surface area contributed by atoms with Crippen molar-refractivity contribution in [2.24, 2.45) is 0 Å². The summed E-state index contributed by atoms with van der Waals surface area (Å²) in [6.07, 6.45) is 1.22. The average molecular weight is 447 g/mol. The zero-order valence-corrected chi connectivity index (χ0v) is 18.6. The number of aromatic nitrogens is 3. The SMILES string of the molecule is Cc1cccc(OC(=O)N2CCCC2c2nc3c(=O)[nH]c(-c4cccc(C)c4)nc3s2)c1. The van der Waals surface area contributed by atoms with E-state index in [1.165, 1.54) is 11.3 Å². The molecule has 3 heterocycles. The van der Waals surface area contributed by atoms with Gasteiger partial charge in [0.05, 0.1) is 6.04 Å². The second kappa shape index (κ2) is 8.20. The molecule has 2 aromatic carbocycles. The highest BCUT2D eigenvalue weighted by molar-refractivity contribution is 7.18. The highest BCUT2D eigenvalue weighted by Gasteiger charge is 2.34. The third-order valence-corrected chi connectivity index (χ3v) is 6.60. The van der Waals surface area contributed by atoms with Crippen molar-refractivity contribution in [1.82, 2.24) is 19.9 Å². The number of nitrogens with one attached hydrogen (secondary N) is 1. The van der Waals surface area contributed by atoms with Crippen LogP contribution in [0.1, 0.15) is 35.0 Å². The van der Waals surface area contributed by atoms with E-state index in [1.54, 1.807) is 11.0 Å². The Morgan fingerprint density at radius 2 is 1.91 bits per heavy atom. The number of rotatable bonds is 3. The lowest BCUT2D eigenvalue weighted by Crippen LogP contribution is -2.33. The molecular formula is C24H22N4O3S. The van der Waals surface area contributed by atoms with E-state index >= 15 is 0 Å². The second-order valence-corrected chi connectivity index (χ2v) is 9.03. The molecule has 1 unspecified atom stereocenters. The second-order valence-electron chi connectivity index (χ2n) is 8.03. The molecular weight excluding hydrogens is 424 g/mol. The fraction of sp³-hybridized carbons (Fsp3) is 0.250. The first-order chi connectivity index (χ1) is 15.5. The number of ether oxygens (including phenoxy) is 1. The molecule has 0 spiro atoms. The van der Waals surface area contributed by atoms with Crippen molar-refractivity contribution in [3.63, 3.8) is 0 Å². The van der Waals surface area contributed by atoms with Crippen LogP contribution in [0.15, 0.2) is 53.3 Å². The van der Waals surface area contributed by atoms with E-state index in [4.69, 9.17) is 4.74 Å². The summed E-state index contributed by atoms with van der Waals surface area (Å²) in [7, 11) is 0. The number of benzene rings is 2. The maximum Gasteiger partial charge on any atom is 0.415 e. The van der Waals surface area contributed by atoms with Gasteiger partial charge in [-0.2, -0.15) is 0 Å². The van der Waals surface area contributed by atoms with E-state index in [9.17, 15) is 9.59 Å². The highest BCUT2D eigenvalue weighted by atomic mass is 32.1. The Morgan fingerprint density at radius 1 is 1.12 bits per heavy atom. The lowest BCUT2D eigenvalue weighted by molar-refractivity contribution is 0.147. The van der Waals surface area contributed by atoms with Gasteiger partial charge >= 0.3 is 6.09 Å². The molecule has 1 atom stereocenters. The minimum atomic E-state index is -0.403. The van der Waals surface area contributed by atoms with Gasteiger partial charge in [-0.1, -0.05) is 47.2 Å². The van der Waals surface area contributed by atoms with Gasteiger partial charge in [-0.05, 0) is 50.5 Å². The Morgan fingerprint density at radius 3 is 2.69 bits per heavy atom. The van der Waals surface area contributed by atoms with Crippen molar-refractivity contribution >= 4 is 27.8 Å². The summed E-state index contributed by atoms with van der Waals surface area (Å²) in [5.41, 5.74) is 2.99. The standard InChI is InChI=1S/C24H22N4O3S/c1-14-6-3-8-16(12-14)20-26-21(29)19-23(27-20)32-22(25-19)18-10-5-11-28(18)24(30)31-17-9-4-7-15(2)13-17/h3-4,6-9,12-13,18H,5,10-11H2,1-2H3,(H,26,27,29). The fourth-order valence-corrected chi connectivity index (χ4v) is 5.09. The van der Waals surface area contributed by atoms with Gasteiger partial charge in [0.15, 0.2) is 10.3 Å². The monoisotopic (exact) mass is 446 g/mol. The predicted octanol–water partition coefficient (Wildman–Crippen LogP) is 5.00. The summed E-state index contributed by atoms with van der Waals surface area (Å²) < 4.78 is 5.60. The zero-order valence-electron chi connectivity index (χ0n) is 17.8. The summed E-state index contributed by atoms with van der Waals surface area (Å²) in [5.74, 6) is 1.04. The molecule has 8 heteroatoms. The maximum absolute atomic E-state index is 12.9. The van der Waals surface area contributed by atoms with E-state index in [-0.39, 0.29) is 11.6 Å². The van der Waals surface area contributed by atoms with Gasteiger partial charge in [-0.3, -0.25) is 9.69 Å². The van der Waals surface area contributed by atoms with Crippen LogP contribution in [0.3, 0.4) is 0 Å². The van der Waals surface area contributed by atoms with Crippen LogP contribution in [0.5, 0.6) is 5.75 Å². The van der Waals surface area contributed by atoms with Crippen molar-refractivity contribution < 1.29 is 9.53 Å². The van der Waals surface area contributed by atoms with E-state index < -0.39 is 6.09 Å². The first-order valence-electron chi connectivity index (χ1n) is 10.5. The molecule has 0 saturated carbocycles. The Bertz CT molecular complexity index is 1380. The molecule has 1 N–H and O–H groups in total. The van der Waals surface area contributed by atoms with Crippen LogP contribution in [-0.2, 0) is 0 Å². The summed E-state index contributed by atoms with van der Waals surface area (Å²) in [6.45, 7) is 4.53. The van der Waals surface area contributed by atoms with Crippen molar-refractivity contribution in [1.29, 1.82) is 0 Å². The number of H-pyrrole nitrogens is 1. The van der Waals surface area contributed by atoms with Crippen LogP contribution in [-0.4, -0.2) is 32.5 Å². The van der Waals surface area contributed by atoms with Gasteiger partial charge in [0.1, 0.15) is 16.6 Å². The normalized spacial score (nSPS) is 15.9. The van der Waals surface area contributed by atoms with Crippen molar-refractivity contribution in [2.75, 3.05) is 6.54 Å². The maximum atomic E-state index is 12.9. The molecule has 2 aromatic heterocycles. The molecule has 1 aliphatic rings. The van der Waals surface area contributed by atoms with E-state index in [0.29, 0.717) is 33.5 Å². The Balaban J connectivity index is 1.45. The molecule has 0 radical (unpaired) electrons. The van der Waals surface area contributed by atoms with Crippen LogP contribution >= 0.6 is 11.3 Å². The molecule has 1 saturated heterocycles. The number of likely N-dealkylation sites (tertiary alicyclic amines) is 1. The van der Waals surface area contributed by atoms with Crippen LogP contribution in [0.4, 0.5) is 4.79 Å². The fourth-order valence-electron chi connectivity index (χ4n) is 4.00. The highest BCUT2D eigenvalue weighted by Crippen LogP contribution is 2.36. The quantitative estimate of drug-likeness (QED) is 0.478. The molecule has 7 nitrogen and oxygen atoms in total.